The fourth-order valence-electron chi connectivity index (χ4n) is 3.11. The molecule has 1 aliphatic rings. The normalized spacial score (nSPS) is 14.0. The van der Waals surface area contributed by atoms with Gasteiger partial charge in [0.2, 0.25) is 5.91 Å². The Balaban J connectivity index is 0.000000493. The van der Waals surface area contributed by atoms with Crippen molar-refractivity contribution < 1.29 is 40.6 Å². The number of aliphatic imine (C=N–C) groups is 1. The van der Waals surface area contributed by atoms with E-state index in [1.807, 2.05) is 11.8 Å². The van der Waals surface area contributed by atoms with Crippen LogP contribution in [0.1, 0.15) is 19.4 Å². The molecular formula is C26H28F6N6O3. The first-order valence-electron chi connectivity index (χ1n) is 11.8. The molecule has 9 nitrogen and oxygen atoms in total. The number of nitrogens with one attached hydrogen (secondary N) is 3. The van der Waals surface area contributed by atoms with Crippen LogP contribution < -0.4 is 25.5 Å². The zero-order valence-electron chi connectivity index (χ0n) is 22.1. The molecule has 1 heterocycles. The number of amides is 1. The maximum absolute atomic E-state index is 12.2. The first kappa shape index (κ1) is 32.5. The van der Waals surface area contributed by atoms with Crippen LogP contribution in [0.3, 0.4) is 0 Å². The van der Waals surface area contributed by atoms with Gasteiger partial charge in [0.05, 0.1) is 12.8 Å². The number of halogens is 6. The van der Waals surface area contributed by atoms with Crippen LogP contribution in [-0.4, -0.2) is 55.2 Å². The molecule has 0 aromatic heterocycles. The van der Waals surface area contributed by atoms with E-state index in [0.717, 1.165) is 43.1 Å². The zero-order chi connectivity index (χ0) is 30.6. The van der Waals surface area contributed by atoms with Crippen LogP contribution in [0.25, 0.3) is 0 Å². The lowest BCUT2D eigenvalue weighted by Gasteiger charge is -2.28. The average Bonchev–Trinajstić information content (AvgIpc) is 2.85. The van der Waals surface area contributed by atoms with Gasteiger partial charge in [0.1, 0.15) is 23.2 Å². The van der Waals surface area contributed by atoms with Crippen LogP contribution in [0.15, 0.2) is 83.3 Å². The molecule has 1 amide bonds. The number of hydrogen-bond donors (Lipinski definition) is 3. The summed E-state index contributed by atoms with van der Waals surface area (Å²) >= 11 is 0. The third-order valence-electron chi connectivity index (χ3n) is 4.81. The number of hydrogen-bond acceptors (Lipinski definition) is 7. The molecule has 3 N–H and O–H groups in total. The number of carbonyl (C=O) groups is 1. The molecule has 0 unspecified atom stereocenters. The maximum Gasteiger partial charge on any atom is 0.573 e. The van der Waals surface area contributed by atoms with E-state index in [1.165, 1.54) is 30.5 Å². The van der Waals surface area contributed by atoms with Crippen molar-refractivity contribution in [1.29, 1.82) is 0 Å². The molecule has 0 saturated carbocycles. The van der Waals surface area contributed by atoms with Crippen LogP contribution in [-0.2, 0) is 4.79 Å². The zero-order valence-corrected chi connectivity index (χ0v) is 22.1. The van der Waals surface area contributed by atoms with E-state index < -0.39 is 12.7 Å². The number of amidine groups is 1. The summed E-state index contributed by atoms with van der Waals surface area (Å²) in [5.74, 6) is -0.118. The topological polar surface area (TPSA) is 99.6 Å². The smallest absolute Gasteiger partial charge is 0.406 e. The summed E-state index contributed by atoms with van der Waals surface area (Å²) in [5, 5.41) is 9.45. The molecule has 222 valence electrons. The van der Waals surface area contributed by atoms with Crippen molar-refractivity contribution in [1.82, 2.24) is 15.6 Å². The highest BCUT2D eigenvalue weighted by molar-refractivity contribution is 5.94. The molecule has 1 fully saturated rings. The van der Waals surface area contributed by atoms with Gasteiger partial charge in [-0.25, -0.2) is 4.99 Å². The number of allylic oxidation sites excluding steroid dienone is 1. The number of nitrogens with zero attached hydrogens (tertiary/aromatic N) is 3. The number of rotatable bonds is 8. The van der Waals surface area contributed by atoms with E-state index in [2.05, 4.69) is 48.8 Å². The molecule has 15 heteroatoms. The highest BCUT2D eigenvalue weighted by Gasteiger charge is 2.31. The summed E-state index contributed by atoms with van der Waals surface area (Å²) in [7, 11) is 0. The van der Waals surface area contributed by atoms with Crippen molar-refractivity contribution in [3.05, 3.63) is 78.8 Å². The first-order chi connectivity index (χ1) is 19.1. The van der Waals surface area contributed by atoms with Crippen LogP contribution in [0.4, 0.5) is 32.0 Å². The Hall–Kier alpha value is -4.69. The number of anilines is 1. The summed E-state index contributed by atoms with van der Waals surface area (Å²) in [4.78, 5) is 16.8. The van der Waals surface area contributed by atoms with Gasteiger partial charge in [-0.1, -0.05) is 13.2 Å². The molecule has 0 bridgehead atoms. The van der Waals surface area contributed by atoms with E-state index in [9.17, 15) is 31.1 Å². The number of piperazine rings is 1. The Morgan fingerprint density at radius 3 is 1.95 bits per heavy atom. The molecule has 3 rings (SSSR count). The fraction of sp³-hybridized carbons (Fsp3) is 0.269. The Morgan fingerprint density at radius 2 is 1.49 bits per heavy atom. The van der Waals surface area contributed by atoms with E-state index >= 15 is 0 Å². The molecule has 2 aromatic rings. The number of ether oxygens (including phenoxy) is 2. The standard InChI is InChI=1S/C19H16F6N4O2.C7H12N2O/c1-12(28-15-5-9-17(10-6-15)31-19(23,24)25)27-13(2)29-26-11-14-3-7-16(8-4-14)30-18(20,21)22;1-6(2)9-4-3-8-7(10)5-9/h3-11,29H,2H2,1H3,(H,27,28);1,3-5H2,2H3,(H,8,10)/b26-11+;. The minimum Gasteiger partial charge on any atom is -0.406 e. The lowest BCUT2D eigenvalue weighted by Crippen LogP contribution is -2.46. The van der Waals surface area contributed by atoms with Gasteiger partial charge in [0.25, 0.3) is 0 Å². The van der Waals surface area contributed by atoms with Crippen LogP contribution in [0.2, 0.25) is 0 Å². The number of hydrazone groups is 1. The third-order valence-corrected chi connectivity index (χ3v) is 4.81. The lowest BCUT2D eigenvalue weighted by atomic mass is 10.2. The monoisotopic (exact) mass is 586 g/mol. The summed E-state index contributed by atoms with van der Waals surface area (Å²) in [6.45, 7) is 13.0. The molecule has 0 radical (unpaired) electrons. The van der Waals surface area contributed by atoms with E-state index in [-0.39, 0.29) is 23.2 Å². The van der Waals surface area contributed by atoms with Gasteiger partial charge in [0.15, 0.2) is 0 Å². The SMILES string of the molecule is C=C(/N=C(\C)Nc1ccc(OC(F)(F)F)cc1)N/N=C/c1ccc(OC(F)(F)F)cc1.C=C(C)N1CCNC(=O)C1. The van der Waals surface area contributed by atoms with Crippen LogP contribution in [0, 0.1) is 0 Å². The third kappa shape index (κ3) is 13.8. The quantitative estimate of drug-likeness (QED) is 0.167. The van der Waals surface area contributed by atoms with Crippen LogP contribution in [0.5, 0.6) is 11.5 Å². The van der Waals surface area contributed by atoms with Gasteiger partial charge in [-0.2, -0.15) is 5.10 Å². The molecule has 0 atom stereocenters. The summed E-state index contributed by atoms with van der Waals surface area (Å²) in [5.41, 5.74) is 4.46. The van der Waals surface area contributed by atoms with Crippen molar-refractivity contribution in [3.8, 4) is 11.5 Å². The summed E-state index contributed by atoms with van der Waals surface area (Å²) in [6.07, 6.45) is -8.20. The fourth-order valence-corrected chi connectivity index (χ4v) is 3.11. The highest BCUT2D eigenvalue weighted by Crippen LogP contribution is 2.24. The van der Waals surface area contributed by atoms with Gasteiger partial charge >= 0.3 is 12.7 Å². The van der Waals surface area contributed by atoms with Gasteiger partial charge in [-0.3, -0.25) is 10.2 Å². The molecule has 2 aromatic carbocycles. The Kier molecular flexibility index (Phi) is 11.6. The maximum atomic E-state index is 12.2. The largest absolute Gasteiger partial charge is 0.573 e. The second-order valence-corrected chi connectivity index (χ2v) is 8.33. The number of alkyl halides is 6. The minimum atomic E-state index is -4.77. The molecule has 1 saturated heterocycles. The van der Waals surface area contributed by atoms with Gasteiger partial charge < -0.3 is 25.0 Å². The van der Waals surface area contributed by atoms with E-state index in [0.29, 0.717) is 23.6 Å². The Labute approximate surface area is 232 Å². The Morgan fingerprint density at radius 1 is 0.951 bits per heavy atom. The van der Waals surface area contributed by atoms with Gasteiger partial charge in [-0.15, -0.1) is 26.3 Å². The predicted octanol–water partition coefficient (Wildman–Crippen LogP) is 5.36. The first-order valence-corrected chi connectivity index (χ1v) is 11.8. The average molecular weight is 587 g/mol. The van der Waals surface area contributed by atoms with E-state index in [4.69, 9.17) is 0 Å². The molecule has 0 aliphatic carbocycles. The minimum absolute atomic E-state index is 0.0919. The molecule has 0 spiro atoms. The summed E-state index contributed by atoms with van der Waals surface area (Å²) < 4.78 is 80.4. The predicted molar refractivity (Wildman–Crippen MR) is 142 cm³/mol. The Bertz CT molecular complexity index is 1240. The van der Waals surface area contributed by atoms with E-state index in [1.54, 1.807) is 6.92 Å². The molecular weight excluding hydrogens is 558 g/mol. The van der Waals surface area contributed by atoms with Crippen molar-refractivity contribution in [3.63, 3.8) is 0 Å². The van der Waals surface area contributed by atoms with Crippen molar-refractivity contribution in [2.45, 2.75) is 26.6 Å². The van der Waals surface area contributed by atoms with Crippen molar-refractivity contribution in [2.24, 2.45) is 10.1 Å². The molecule has 1 aliphatic heterocycles. The van der Waals surface area contributed by atoms with Crippen LogP contribution >= 0.6 is 0 Å². The lowest BCUT2D eigenvalue weighted by molar-refractivity contribution is -0.275. The van der Waals surface area contributed by atoms with Gasteiger partial charge in [-0.05, 0) is 67.9 Å². The number of benzene rings is 2. The second-order valence-electron chi connectivity index (χ2n) is 8.33. The highest BCUT2D eigenvalue weighted by atomic mass is 19.4. The van der Waals surface area contributed by atoms with Gasteiger partial charge in [0, 0.05) is 24.5 Å². The summed E-state index contributed by atoms with van der Waals surface area (Å²) in [6, 6.07) is 10.1. The van der Waals surface area contributed by atoms with Crippen molar-refractivity contribution >= 4 is 23.6 Å². The van der Waals surface area contributed by atoms with Crippen molar-refractivity contribution in [2.75, 3.05) is 25.0 Å². The number of carbonyl (C=O) groups excluding carboxylic acids is 1. The molecule has 41 heavy (non-hydrogen) atoms. The second kappa shape index (κ2) is 14.6.